The number of carbonyl (C=O) groups excluding carboxylic acids is 1. The van der Waals surface area contributed by atoms with Gasteiger partial charge >= 0.3 is 5.97 Å². The molecule has 1 aliphatic rings. The van der Waals surface area contributed by atoms with E-state index in [1.54, 1.807) is 24.3 Å². The number of benzene rings is 4. The number of rotatable bonds is 12. The molecule has 2 N–H and O–H groups in total. The molecule has 1 heterocycles. The number of hydrogen-bond acceptors (Lipinski definition) is 8. The lowest BCUT2D eigenvalue weighted by Crippen LogP contribution is -2.21. The van der Waals surface area contributed by atoms with Crippen molar-refractivity contribution in [2.24, 2.45) is 5.73 Å². The van der Waals surface area contributed by atoms with Crippen LogP contribution in [-0.4, -0.2) is 19.2 Å². The number of nitrogens with zero attached hydrogens (tertiary/aromatic N) is 1. The molecule has 11 heteroatoms. The summed E-state index contributed by atoms with van der Waals surface area (Å²) in [5.74, 6) is 0.489. The summed E-state index contributed by atoms with van der Waals surface area (Å²) in [6.07, 6.45) is 1.79. The number of nitrogens with two attached hydrogens (primary N) is 1. The number of carbonyl (C=O) groups is 1. The molecule has 0 saturated carbocycles. The van der Waals surface area contributed by atoms with E-state index in [0.717, 1.165) is 24.0 Å². The lowest BCUT2D eigenvalue weighted by atomic mass is 9.83. The highest BCUT2D eigenvalue weighted by molar-refractivity contribution is 6.37. The van der Waals surface area contributed by atoms with E-state index in [1.165, 1.54) is 18.2 Å². The first kappa shape index (κ1) is 33.8. The van der Waals surface area contributed by atoms with E-state index in [-0.39, 0.29) is 39.4 Å². The fourth-order valence-electron chi connectivity index (χ4n) is 5.01. The molecule has 1 atom stereocenters. The molecular weight excluding hydrogens is 663 g/mol. The maximum Gasteiger partial charge on any atom is 0.343 e. The molecule has 0 aliphatic carbocycles. The monoisotopic (exact) mass is 692 g/mol. The maximum atomic E-state index is 13.1. The first-order valence-electron chi connectivity index (χ1n) is 14.9. The van der Waals surface area contributed by atoms with Crippen LogP contribution in [0.15, 0.2) is 84.3 Å². The topological polar surface area (TPSA) is 113 Å². The van der Waals surface area contributed by atoms with Crippen LogP contribution in [0, 0.1) is 11.3 Å². The van der Waals surface area contributed by atoms with E-state index in [0.29, 0.717) is 46.8 Å². The Bertz CT molecular complexity index is 1850. The van der Waals surface area contributed by atoms with Crippen LogP contribution in [0.5, 0.6) is 28.7 Å². The highest BCUT2D eigenvalue weighted by atomic mass is 35.5. The van der Waals surface area contributed by atoms with Crippen LogP contribution in [0.25, 0.3) is 0 Å². The number of hydrogen-bond donors (Lipinski definition) is 1. The summed E-state index contributed by atoms with van der Waals surface area (Å²) in [6.45, 7) is 5.00. The standard InChI is InChI=1S/C36H31Cl3N2O6/c1-3-5-14-44-34-28(38)15-23(16-29(34)39)36(42)46-24-11-12-25-31(18-24)47-35(41)26(19-40)33(25)21-10-13-30(32(17-21)43-4-2)45-20-22-8-6-7-9-27(22)37/h6-13,15-18,33H,3-5,14,20,41H2,1-2H3. The summed E-state index contributed by atoms with van der Waals surface area (Å²) in [6, 6.07) is 22.8. The minimum absolute atomic E-state index is 0.0669. The van der Waals surface area contributed by atoms with Crippen LogP contribution >= 0.6 is 34.8 Å². The quantitative estimate of drug-likeness (QED) is 0.0888. The second-order valence-electron chi connectivity index (χ2n) is 10.5. The fraction of sp³-hybridized carbons (Fsp3) is 0.222. The summed E-state index contributed by atoms with van der Waals surface area (Å²) in [4.78, 5) is 13.1. The number of unbranched alkanes of at least 4 members (excludes halogenated alkanes) is 1. The maximum absolute atomic E-state index is 13.1. The summed E-state index contributed by atoms with van der Waals surface area (Å²) < 4.78 is 29.1. The minimum atomic E-state index is -0.684. The number of ether oxygens (including phenoxy) is 5. The Morgan fingerprint density at radius 1 is 0.915 bits per heavy atom. The zero-order chi connectivity index (χ0) is 33.5. The molecule has 47 heavy (non-hydrogen) atoms. The van der Waals surface area contributed by atoms with Gasteiger partial charge in [0.1, 0.15) is 29.7 Å². The Balaban J connectivity index is 1.40. The van der Waals surface area contributed by atoms with Crippen LogP contribution < -0.4 is 29.4 Å². The van der Waals surface area contributed by atoms with Gasteiger partial charge in [-0.3, -0.25) is 0 Å². The first-order valence-corrected chi connectivity index (χ1v) is 16.1. The van der Waals surface area contributed by atoms with Crippen LogP contribution in [0.1, 0.15) is 59.7 Å². The Hall–Kier alpha value is -4.55. The molecule has 0 bridgehead atoms. The van der Waals surface area contributed by atoms with Crippen molar-refractivity contribution in [1.29, 1.82) is 5.26 Å². The van der Waals surface area contributed by atoms with Gasteiger partial charge in [-0.05, 0) is 55.3 Å². The largest absolute Gasteiger partial charge is 0.490 e. The Morgan fingerprint density at radius 3 is 2.38 bits per heavy atom. The van der Waals surface area contributed by atoms with Crippen LogP contribution in [-0.2, 0) is 6.61 Å². The first-order chi connectivity index (χ1) is 22.7. The van der Waals surface area contributed by atoms with Crippen molar-refractivity contribution in [2.75, 3.05) is 13.2 Å². The van der Waals surface area contributed by atoms with E-state index >= 15 is 0 Å². The second-order valence-corrected chi connectivity index (χ2v) is 11.7. The molecule has 0 aromatic heterocycles. The van der Waals surface area contributed by atoms with Crippen molar-refractivity contribution >= 4 is 40.8 Å². The highest BCUT2D eigenvalue weighted by Crippen LogP contribution is 2.45. The van der Waals surface area contributed by atoms with E-state index in [2.05, 4.69) is 6.07 Å². The summed E-state index contributed by atoms with van der Waals surface area (Å²) in [5, 5.41) is 11.1. The van der Waals surface area contributed by atoms with Gasteiger partial charge < -0.3 is 29.4 Å². The molecular formula is C36H31Cl3N2O6. The molecule has 242 valence electrons. The normalized spacial score (nSPS) is 13.7. The average molecular weight is 694 g/mol. The SMILES string of the molecule is CCCCOc1c(Cl)cc(C(=O)Oc2ccc3c(c2)OC(N)=C(C#N)C3c2ccc(OCc3ccccc3Cl)c(OCC)c2)cc1Cl. The second kappa shape index (κ2) is 15.4. The number of nitriles is 1. The predicted molar refractivity (Wildman–Crippen MR) is 181 cm³/mol. The molecule has 0 fully saturated rings. The van der Waals surface area contributed by atoms with Gasteiger partial charge in [-0.15, -0.1) is 0 Å². The fourth-order valence-corrected chi connectivity index (χ4v) is 5.79. The molecule has 0 radical (unpaired) electrons. The van der Waals surface area contributed by atoms with Crippen molar-refractivity contribution in [3.05, 3.63) is 122 Å². The van der Waals surface area contributed by atoms with E-state index < -0.39 is 11.9 Å². The van der Waals surface area contributed by atoms with Crippen LogP contribution in [0.2, 0.25) is 15.1 Å². The van der Waals surface area contributed by atoms with Gasteiger partial charge in [-0.25, -0.2) is 4.79 Å². The lowest BCUT2D eigenvalue weighted by molar-refractivity contribution is 0.0734. The van der Waals surface area contributed by atoms with Gasteiger partial charge in [0, 0.05) is 22.2 Å². The third kappa shape index (κ3) is 7.71. The molecule has 1 aliphatic heterocycles. The van der Waals surface area contributed by atoms with Gasteiger partial charge in [0.05, 0.1) is 34.7 Å². The zero-order valence-electron chi connectivity index (χ0n) is 25.6. The van der Waals surface area contributed by atoms with Crippen LogP contribution in [0.4, 0.5) is 0 Å². The summed E-state index contributed by atoms with van der Waals surface area (Å²) in [5.41, 5.74) is 8.79. The minimum Gasteiger partial charge on any atom is -0.490 e. The number of esters is 1. The van der Waals surface area contributed by atoms with E-state index in [9.17, 15) is 10.1 Å². The number of halogens is 3. The molecule has 5 rings (SSSR count). The molecule has 4 aromatic carbocycles. The third-order valence-electron chi connectivity index (χ3n) is 7.32. The highest BCUT2D eigenvalue weighted by Gasteiger charge is 2.32. The zero-order valence-corrected chi connectivity index (χ0v) is 27.9. The molecule has 0 spiro atoms. The van der Waals surface area contributed by atoms with Gasteiger partial charge in [-0.2, -0.15) is 5.26 Å². The third-order valence-corrected chi connectivity index (χ3v) is 8.25. The van der Waals surface area contributed by atoms with Crippen molar-refractivity contribution in [2.45, 2.75) is 39.2 Å². The Labute approximate surface area is 288 Å². The molecule has 8 nitrogen and oxygen atoms in total. The van der Waals surface area contributed by atoms with E-state index in [1.807, 2.05) is 44.2 Å². The van der Waals surface area contributed by atoms with Crippen molar-refractivity contribution < 1.29 is 28.5 Å². The lowest BCUT2D eigenvalue weighted by Gasteiger charge is -2.27. The molecule has 4 aromatic rings. The number of fused-ring (bicyclic) bond motifs is 1. The predicted octanol–water partition coefficient (Wildman–Crippen LogP) is 9.24. The average Bonchev–Trinajstić information content (AvgIpc) is 3.05. The van der Waals surface area contributed by atoms with Crippen molar-refractivity contribution in [1.82, 2.24) is 0 Å². The molecule has 0 amide bonds. The van der Waals surface area contributed by atoms with Gasteiger partial charge in [0.25, 0.3) is 0 Å². The van der Waals surface area contributed by atoms with E-state index in [4.69, 9.17) is 64.2 Å². The van der Waals surface area contributed by atoms with Gasteiger partial charge in [-0.1, -0.05) is 78.5 Å². The number of allylic oxidation sites excluding steroid dienone is 1. The van der Waals surface area contributed by atoms with Gasteiger partial charge in [0.2, 0.25) is 5.88 Å². The van der Waals surface area contributed by atoms with Crippen LogP contribution in [0.3, 0.4) is 0 Å². The Morgan fingerprint density at radius 2 is 1.68 bits per heavy atom. The summed E-state index contributed by atoms with van der Waals surface area (Å²) >= 11 is 19.0. The Kier molecular flexibility index (Phi) is 11.0. The smallest absolute Gasteiger partial charge is 0.343 e. The molecule has 1 unspecified atom stereocenters. The van der Waals surface area contributed by atoms with Crippen molar-refractivity contribution in [3.8, 4) is 34.8 Å². The van der Waals surface area contributed by atoms with Crippen molar-refractivity contribution in [3.63, 3.8) is 0 Å². The van der Waals surface area contributed by atoms with Gasteiger partial charge in [0.15, 0.2) is 17.2 Å². The molecule has 0 saturated heterocycles. The summed E-state index contributed by atoms with van der Waals surface area (Å²) in [7, 11) is 0.